The zero-order valence-corrected chi connectivity index (χ0v) is 49.1. The van der Waals surface area contributed by atoms with Crippen LogP contribution in [-0.4, -0.2) is 37.2 Å². The van der Waals surface area contributed by atoms with E-state index < -0.39 is 6.10 Å². The SMILES string of the molecule is CC/C=C\C/C=C\C/C=C\C/C=C\CCCCCCCCCCCCCCCCC(=O)OCC(COC(=O)CCCCCCCCCC)OC(=O)CCCCCCCCCCC/C=C\C/C=C\CCCCCCC. The van der Waals surface area contributed by atoms with Gasteiger partial charge in [-0.05, 0) is 89.9 Å². The monoisotopic (exact) mass is 1030 g/mol. The first-order valence-electron chi connectivity index (χ1n) is 31.9. The van der Waals surface area contributed by atoms with Gasteiger partial charge in [0.05, 0.1) is 0 Å². The first kappa shape index (κ1) is 70.8. The van der Waals surface area contributed by atoms with E-state index in [0.29, 0.717) is 19.3 Å². The molecule has 0 aliphatic rings. The molecule has 0 aliphatic carbocycles. The van der Waals surface area contributed by atoms with Gasteiger partial charge >= 0.3 is 17.9 Å². The van der Waals surface area contributed by atoms with Crippen molar-refractivity contribution in [2.75, 3.05) is 13.2 Å². The summed E-state index contributed by atoms with van der Waals surface area (Å²) in [6.07, 6.45) is 80.7. The molecule has 0 bridgehead atoms. The van der Waals surface area contributed by atoms with E-state index in [1.54, 1.807) is 0 Å². The third kappa shape index (κ3) is 59.7. The van der Waals surface area contributed by atoms with E-state index in [2.05, 4.69) is 93.7 Å². The topological polar surface area (TPSA) is 78.9 Å². The van der Waals surface area contributed by atoms with Crippen LogP contribution in [0.25, 0.3) is 0 Å². The molecule has 74 heavy (non-hydrogen) atoms. The lowest BCUT2D eigenvalue weighted by molar-refractivity contribution is -0.167. The Bertz CT molecular complexity index is 1370. The number of esters is 3. The van der Waals surface area contributed by atoms with Crippen molar-refractivity contribution in [3.05, 3.63) is 72.9 Å². The molecule has 0 spiro atoms. The fraction of sp³-hybridized carbons (Fsp3) is 0.779. The molecule has 0 saturated heterocycles. The Morgan fingerprint density at radius 1 is 0.284 bits per heavy atom. The van der Waals surface area contributed by atoms with Crippen LogP contribution in [0.4, 0.5) is 0 Å². The van der Waals surface area contributed by atoms with Gasteiger partial charge in [0.15, 0.2) is 6.10 Å². The molecule has 6 heteroatoms. The maximum Gasteiger partial charge on any atom is 0.306 e. The van der Waals surface area contributed by atoms with Crippen molar-refractivity contribution in [3.8, 4) is 0 Å². The van der Waals surface area contributed by atoms with Gasteiger partial charge in [-0.2, -0.15) is 0 Å². The molecule has 0 aliphatic heterocycles. The fourth-order valence-corrected chi connectivity index (χ4v) is 9.17. The average Bonchev–Trinajstić information content (AvgIpc) is 3.40. The Kier molecular flexibility index (Phi) is 59.7. The molecule has 428 valence electrons. The molecule has 0 rings (SSSR count). The van der Waals surface area contributed by atoms with Crippen LogP contribution in [0, 0.1) is 0 Å². The molecule has 0 fully saturated rings. The van der Waals surface area contributed by atoms with Crippen molar-refractivity contribution in [2.24, 2.45) is 0 Å². The predicted molar refractivity (Wildman–Crippen MR) is 321 cm³/mol. The van der Waals surface area contributed by atoms with Gasteiger partial charge < -0.3 is 14.2 Å². The standard InChI is InChI=1S/C68H120O6/c1-4-7-10-13-16-19-21-23-25-27-29-31-32-33-34-35-36-38-39-41-43-45-47-49-52-55-58-61-67(70)73-64-65(63-72-66(69)60-57-54-51-18-15-12-9-6-3)74-68(71)62-59-56-53-50-48-46-44-42-40-37-30-28-26-24-22-20-17-14-11-8-5-2/h7,10,16,19,22-25,28-31,65H,4-6,8-9,11-15,17-18,20-21,26-27,32-64H2,1-3H3/b10-7-,19-16-,24-22-,25-23-,30-28-,31-29-. The van der Waals surface area contributed by atoms with E-state index >= 15 is 0 Å². The Balaban J connectivity index is 4.15. The number of hydrogen-bond acceptors (Lipinski definition) is 6. The first-order valence-corrected chi connectivity index (χ1v) is 31.9. The lowest BCUT2D eigenvalue weighted by atomic mass is 10.0. The smallest absolute Gasteiger partial charge is 0.306 e. The van der Waals surface area contributed by atoms with Crippen molar-refractivity contribution >= 4 is 17.9 Å². The van der Waals surface area contributed by atoms with Crippen molar-refractivity contribution in [1.82, 2.24) is 0 Å². The van der Waals surface area contributed by atoms with Crippen LogP contribution in [-0.2, 0) is 28.6 Å². The molecule has 0 amide bonds. The van der Waals surface area contributed by atoms with Crippen molar-refractivity contribution in [1.29, 1.82) is 0 Å². The second-order valence-electron chi connectivity index (χ2n) is 21.3. The van der Waals surface area contributed by atoms with Crippen molar-refractivity contribution in [2.45, 2.75) is 329 Å². The number of hydrogen-bond donors (Lipinski definition) is 0. The van der Waals surface area contributed by atoms with Gasteiger partial charge in [-0.15, -0.1) is 0 Å². The van der Waals surface area contributed by atoms with Crippen LogP contribution >= 0.6 is 0 Å². The summed E-state index contributed by atoms with van der Waals surface area (Å²) in [5.74, 6) is -0.869. The summed E-state index contributed by atoms with van der Waals surface area (Å²) in [5.41, 5.74) is 0. The third-order valence-electron chi connectivity index (χ3n) is 13.9. The van der Waals surface area contributed by atoms with E-state index in [1.807, 2.05) is 0 Å². The minimum atomic E-state index is -0.775. The second-order valence-corrected chi connectivity index (χ2v) is 21.3. The number of ether oxygens (including phenoxy) is 3. The maximum absolute atomic E-state index is 12.9. The minimum Gasteiger partial charge on any atom is -0.462 e. The maximum atomic E-state index is 12.9. The Labute approximate surface area is 459 Å². The minimum absolute atomic E-state index is 0.0738. The summed E-state index contributed by atoms with van der Waals surface area (Å²) in [4.78, 5) is 38.1. The van der Waals surface area contributed by atoms with Gasteiger partial charge in [-0.1, -0.05) is 286 Å². The van der Waals surface area contributed by atoms with Crippen LogP contribution < -0.4 is 0 Å². The van der Waals surface area contributed by atoms with E-state index in [-0.39, 0.29) is 31.1 Å². The Morgan fingerprint density at radius 3 is 0.824 bits per heavy atom. The summed E-state index contributed by atoms with van der Waals surface area (Å²) >= 11 is 0. The van der Waals surface area contributed by atoms with Gasteiger partial charge in [0.2, 0.25) is 0 Å². The van der Waals surface area contributed by atoms with Crippen LogP contribution in [0.5, 0.6) is 0 Å². The van der Waals surface area contributed by atoms with E-state index in [9.17, 15) is 14.4 Å². The molecule has 0 saturated carbocycles. The highest BCUT2D eigenvalue weighted by Gasteiger charge is 2.19. The summed E-state index contributed by atoms with van der Waals surface area (Å²) in [6, 6.07) is 0. The average molecular weight is 1030 g/mol. The normalized spacial score (nSPS) is 12.5. The number of carbonyl (C=O) groups is 3. The summed E-state index contributed by atoms with van der Waals surface area (Å²) in [5, 5.41) is 0. The predicted octanol–water partition coefficient (Wildman–Crippen LogP) is 21.7. The summed E-state index contributed by atoms with van der Waals surface area (Å²) in [7, 11) is 0. The molecule has 1 atom stereocenters. The van der Waals surface area contributed by atoms with Crippen LogP contribution in [0.2, 0.25) is 0 Å². The number of unbranched alkanes of at least 4 members (excludes halogenated alkanes) is 35. The lowest BCUT2D eigenvalue weighted by Crippen LogP contribution is -2.30. The van der Waals surface area contributed by atoms with Gasteiger partial charge in [-0.25, -0.2) is 0 Å². The number of allylic oxidation sites excluding steroid dienone is 12. The van der Waals surface area contributed by atoms with Crippen molar-refractivity contribution in [3.63, 3.8) is 0 Å². The summed E-state index contributed by atoms with van der Waals surface area (Å²) in [6.45, 7) is 6.52. The second kappa shape index (κ2) is 62.4. The van der Waals surface area contributed by atoms with E-state index in [1.165, 1.54) is 193 Å². The van der Waals surface area contributed by atoms with Crippen LogP contribution in [0.3, 0.4) is 0 Å². The highest BCUT2D eigenvalue weighted by atomic mass is 16.6. The fourth-order valence-electron chi connectivity index (χ4n) is 9.17. The Morgan fingerprint density at radius 2 is 0.527 bits per heavy atom. The molecular weight excluding hydrogens is 913 g/mol. The molecule has 0 N–H and O–H groups in total. The highest BCUT2D eigenvalue weighted by Crippen LogP contribution is 2.17. The molecule has 6 nitrogen and oxygen atoms in total. The van der Waals surface area contributed by atoms with E-state index in [0.717, 1.165) is 89.9 Å². The van der Waals surface area contributed by atoms with Crippen LogP contribution in [0.15, 0.2) is 72.9 Å². The highest BCUT2D eigenvalue weighted by molar-refractivity contribution is 5.71. The molecule has 0 heterocycles. The third-order valence-corrected chi connectivity index (χ3v) is 13.9. The number of carbonyl (C=O) groups excluding carboxylic acids is 3. The molecule has 0 aromatic rings. The molecule has 0 aromatic heterocycles. The van der Waals surface area contributed by atoms with Crippen LogP contribution in [0.1, 0.15) is 323 Å². The quantitative estimate of drug-likeness (QED) is 0.0261. The largest absolute Gasteiger partial charge is 0.462 e. The number of rotatable bonds is 58. The molecular formula is C68H120O6. The van der Waals surface area contributed by atoms with Crippen molar-refractivity contribution < 1.29 is 28.6 Å². The van der Waals surface area contributed by atoms with Gasteiger partial charge in [-0.3, -0.25) is 14.4 Å². The molecule has 1 unspecified atom stereocenters. The Hall–Kier alpha value is -3.15. The molecule has 0 aromatic carbocycles. The lowest BCUT2D eigenvalue weighted by Gasteiger charge is -2.18. The zero-order valence-electron chi connectivity index (χ0n) is 49.1. The van der Waals surface area contributed by atoms with E-state index in [4.69, 9.17) is 14.2 Å². The first-order chi connectivity index (χ1) is 36.5. The van der Waals surface area contributed by atoms with Gasteiger partial charge in [0.1, 0.15) is 13.2 Å². The zero-order chi connectivity index (χ0) is 53.6. The molecule has 0 radical (unpaired) electrons. The summed E-state index contributed by atoms with van der Waals surface area (Å²) < 4.78 is 16.9. The van der Waals surface area contributed by atoms with Gasteiger partial charge in [0.25, 0.3) is 0 Å². The van der Waals surface area contributed by atoms with Gasteiger partial charge in [0, 0.05) is 19.3 Å².